The highest BCUT2D eigenvalue weighted by Crippen LogP contribution is 2.33. The van der Waals surface area contributed by atoms with Gasteiger partial charge in [0.05, 0.1) is 11.9 Å². The molecule has 34 heavy (non-hydrogen) atoms. The molecular formula is C25H34FN7S. The third-order valence-electron chi connectivity index (χ3n) is 6.79. The number of piperazine rings is 1. The smallest absolute Gasteiger partial charge is 0.184 e. The third kappa shape index (κ3) is 5.42. The Hall–Kier alpha value is -2.91. The SMILES string of the molecule is Cc1ccccc1N1CCN(c2cc(N3CC[C@@H](N(C)C)C3)c(C=NNC(N)=S)cc2F)CC1. The molecule has 1 atom stereocenters. The Morgan fingerprint density at radius 2 is 1.74 bits per heavy atom. The molecule has 0 spiro atoms. The van der Waals surface area contributed by atoms with Crippen LogP contribution in [0.4, 0.5) is 21.5 Å². The highest BCUT2D eigenvalue weighted by molar-refractivity contribution is 7.80. The Balaban J connectivity index is 1.57. The van der Waals surface area contributed by atoms with Crippen LogP contribution < -0.4 is 25.9 Å². The Kier molecular flexibility index (Phi) is 7.53. The first kappa shape index (κ1) is 24.2. The lowest BCUT2D eigenvalue weighted by molar-refractivity contribution is 0.315. The van der Waals surface area contributed by atoms with Gasteiger partial charge in [0, 0.05) is 62.2 Å². The second kappa shape index (κ2) is 10.6. The number of hydrazone groups is 1. The number of anilines is 3. The van der Waals surface area contributed by atoms with Gasteiger partial charge in [-0.3, -0.25) is 5.43 Å². The number of benzene rings is 2. The van der Waals surface area contributed by atoms with Gasteiger partial charge >= 0.3 is 0 Å². The lowest BCUT2D eigenvalue weighted by Crippen LogP contribution is -2.47. The highest BCUT2D eigenvalue weighted by atomic mass is 32.1. The molecule has 2 fully saturated rings. The topological polar surface area (TPSA) is 63.4 Å². The molecule has 0 aliphatic carbocycles. The van der Waals surface area contributed by atoms with E-state index < -0.39 is 0 Å². The minimum atomic E-state index is -0.242. The molecule has 0 amide bonds. The van der Waals surface area contributed by atoms with Crippen molar-refractivity contribution in [3.63, 3.8) is 0 Å². The molecule has 2 saturated heterocycles. The molecule has 4 rings (SSSR count). The largest absolute Gasteiger partial charge is 0.375 e. The van der Waals surface area contributed by atoms with Gasteiger partial charge in [-0.05, 0) is 63.4 Å². The molecule has 3 N–H and O–H groups in total. The molecule has 7 nitrogen and oxygen atoms in total. The van der Waals surface area contributed by atoms with Gasteiger partial charge in [-0.2, -0.15) is 5.10 Å². The molecule has 2 aromatic rings. The van der Waals surface area contributed by atoms with Crippen molar-refractivity contribution in [3.05, 3.63) is 53.3 Å². The predicted molar refractivity (Wildman–Crippen MR) is 144 cm³/mol. The summed E-state index contributed by atoms with van der Waals surface area (Å²) in [5.74, 6) is -0.242. The van der Waals surface area contributed by atoms with Crippen molar-refractivity contribution in [2.24, 2.45) is 10.8 Å². The van der Waals surface area contributed by atoms with Crippen LogP contribution in [0.25, 0.3) is 0 Å². The Labute approximate surface area is 207 Å². The van der Waals surface area contributed by atoms with E-state index in [0.29, 0.717) is 17.3 Å². The van der Waals surface area contributed by atoms with Gasteiger partial charge in [-0.1, -0.05) is 18.2 Å². The third-order valence-corrected chi connectivity index (χ3v) is 6.88. The standard InChI is InChI=1S/C25H34FN7S/c1-18-6-4-5-7-22(18)31-10-12-32(13-11-31)24-15-23(33-9-8-20(17-33)30(2)3)19(14-21(24)26)16-28-29-25(27)34/h4-7,14-16,20H,8-13,17H2,1-3H3,(H3,27,29,34)/t20-/m1/s1. The average molecular weight is 484 g/mol. The number of likely N-dealkylation sites (N-methyl/N-ethyl adjacent to an activating group) is 1. The zero-order chi connectivity index (χ0) is 24.2. The fourth-order valence-corrected chi connectivity index (χ4v) is 4.89. The first-order valence-electron chi connectivity index (χ1n) is 11.7. The van der Waals surface area contributed by atoms with E-state index in [-0.39, 0.29) is 10.9 Å². The van der Waals surface area contributed by atoms with Crippen LogP contribution in [0.3, 0.4) is 0 Å². The van der Waals surface area contributed by atoms with Crippen LogP contribution in [0.2, 0.25) is 0 Å². The number of para-hydroxylation sites is 1. The normalized spacial score (nSPS) is 18.9. The molecule has 2 aromatic carbocycles. The lowest BCUT2D eigenvalue weighted by Gasteiger charge is -2.38. The second-order valence-electron chi connectivity index (χ2n) is 9.21. The summed E-state index contributed by atoms with van der Waals surface area (Å²) in [6.07, 6.45) is 2.66. The number of halogens is 1. The average Bonchev–Trinajstić information content (AvgIpc) is 3.30. The van der Waals surface area contributed by atoms with E-state index in [4.69, 9.17) is 18.0 Å². The predicted octanol–water partition coefficient (Wildman–Crippen LogP) is 2.77. The van der Waals surface area contributed by atoms with Gasteiger partial charge in [-0.25, -0.2) is 4.39 Å². The first-order valence-corrected chi connectivity index (χ1v) is 12.1. The van der Waals surface area contributed by atoms with Gasteiger partial charge in [0.1, 0.15) is 5.82 Å². The van der Waals surface area contributed by atoms with Gasteiger partial charge in [0.15, 0.2) is 5.11 Å². The molecule has 2 heterocycles. The van der Waals surface area contributed by atoms with Crippen LogP contribution >= 0.6 is 12.2 Å². The lowest BCUT2D eigenvalue weighted by atomic mass is 10.1. The van der Waals surface area contributed by atoms with E-state index in [9.17, 15) is 0 Å². The van der Waals surface area contributed by atoms with Crippen LogP contribution in [0.1, 0.15) is 17.5 Å². The van der Waals surface area contributed by atoms with Crippen molar-refractivity contribution in [2.75, 3.05) is 68.1 Å². The fraction of sp³-hybridized carbons (Fsp3) is 0.440. The molecular weight excluding hydrogens is 449 g/mol. The molecule has 0 aromatic heterocycles. The number of rotatable bonds is 6. The van der Waals surface area contributed by atoms with Crippen molar-refractivity contribution in [3.8, 4) is 0 Å². The zero-order valence-electron chi connectivity index (χ0n) is 20.2. The van der Waals surface area contributed by atoms with Gasteiger partial charge in [-0.15, -0.1) is 0 Å². The number of hydrogen-bond donors (Lipinski definition) is 2. The summed E-state index contributed by atoms with van der Waals surface area (Å²) in [4.78, 5) is 9.10. The van der Waals surface area contributed by atoms with Gasteiger partial charge < -0.3 is 25.3 Å². The maximum absolute atomic E-state index is 15.4. The van der Waals surface area contributed by atoms with Gasteiger partial charge in [0.2, 0.25) is 0 Å². The Morgan fingerprint density at radius 1 is 1.06 bits per heavy atom. The minimum Gasteiger partial charge on any atom is -0.375 e. The van der Waals surface area contributed by atoms with Crippen LogP contribution in [0, 0.1) is 12.7 Å². The maximum atomic E-state index is 15.4. The molecule has 0 unspecified atom stereocenters. The Bertz CT molecular complexity index is 1050. The summed E-state index contributed by atoms with van der Waals surface area (Å²) in [5.41, 5.74) is 12.9. The van der Waals surface area contributed by atoms with Crippen molar-refractivity contribution in [2.45, 2.75) is 19.4 Å². The molecule has 9 heteroatoms. The monoisotopic (exact) mass is 483 g/mol. The van der Waals surface area contributed by atoms with Crippen LogP contribution in [0.5, 0.6) is 0 Å². The molecule has 2 aliphatic rings. The van der Waals surface area contributed by atoms with Crippen molar-refractivity contribution in [1.29, 1.82) is 0 Å². The summed E-state index contributed by atoms with van der Waals surface area (Å²) < 4.78 is 15.4. The molecule has 0 bridgehead atoms. The van der Waals surface area contributed by atoms with E-state index in [1.165, 1.54) is 11.3 Å². The van der Waals surface area contributed by atoms with Gasteiger partial charge in [0.25, 0.3) is 0 Å². The van der Waals surface area contributed by atoms with Crippen molar-refractivity contribution >= 4 is 40.6 Å². The molecule has 0 saturated carbocycles. The highest BCUT2D eigenvalue weighted by Gasteiger charge is 2.28. The first-order chi connectivity index (χ1) is 16.3. The molecule has 182 valence electrons. The summed E-state index contributed by atoms with van der Waals surface area (Å²) in [7, 11) is 4.21. The molecule has 0 radical (unpaired) electrons. The van der Waals surface area contributed by atoms with E-state index in [0.717, 1.165) is 51.4 Å². The maximum Gasteiger partial charge on any atom is 0.184 e. The number of hydrogen-bond acceptors (Lipinski definition) is 6. The van der Waals surface area contributed by atoms with Crippen molar-refractivity contribution < 1.29 is 4.39 Å². The number of nitrogens with two attached hydrogens (primary N) is 1. The minimum absolute atomic E-state index is 0.0789. The number of thiocarbonyl (C=S) groups is 1. The number of aryl methyl sites for hydroxylation is 1. The summed E-state index contributed by atoms with van der Waals surface area (Å²) in [6, 6.07) is 12.5. The number of nitrogens with zero attached hydrogens (tertiary/aromatic N) is 5. The summed E-state index contributed by atoms with van der Waals surface area (Å²) in [6.45, 7) is 7.18. The van der Waals surface area contributed by atoms with E-state index in [1.54, 1.807) is 12.3 Å². The van der Waals surface area contributed by atoms with Crippen LogP contribution in [0.15, 0.2) is 41.5 Å². The summed E-state index contributed by atoms with van der Waals surface area (Å²) in [5, 5.41) is 4.18. The van der Waals surface area contributed by atoms with Crippen LogP contribution in [-0.2, 0) is 0 Å². The fourth-order valence-electron chi connectivity index (χ4n) is 4.84. The van der Waals surface area contributed by atoms with Crippen LogP contribution in [-0.4, -0.2) is 75.6 Å². The van der Waals surface area contributed by atoms with E-state index in [2.05, 4.69) is 75.4 Å². The zero-order valence-corrected chi connectivity index (χ0v) is 21.0. The van der Waals surface area contributed by atoms with E-state index >= 15 is 4.39 Å². The second-order valence-corrected chi connectivity index (χ2v) is 9.65. The van der Waals surface area contributed by atoms with E-state index in [1.807, 2.05) is 6.07 Å². The quantitative estimate of drug-likeness (QED) is 0.372. The summed E-state index contributed by atoms with van der Waals surface area (Å²) >= 11 is 4.83. The molecule has 2 aliphatic heterocycles. The Morgan fingerprint density at radius 3 is 2.35 bits per heavy atom. The number of nitrogens with one attached hydrogen (secondary N) is 1. The van der Waals surface area contributed by atoms with Crippen molar-refractivity contribution in [1.82, 2.24) is 10.3 Å².